The second-order valence-corrected chi connectivity index (χ2v) is 8.99. The fraction of sp³-hybridized carbons (Fsp3) is 0.529. The average Bonchev–Trinajstić information content (AvgIpc) is 2.73. The Bertz CT molecular complexity index is 834. The Morgan fingerprint density at radius 2 is 1.64 bits per heavy atom. The van der Waals surface area contributed by atoms with Crippen molar-refractivity contribution in [3.05, 3.63) is 28.2 Å². The van der Waals surface area contributed by atoms with Crippen molar-refractivity contribution in [3.63, 3.8) is 0 Å². The highest BCUT2D eigenvalue weighted by molar-refractivity contribution is 9.10. The third-order valence-corrected chi connectivity index (χ3v) is 7.34. The molecule has 154 valence electrons. The van der Waals surface area contributed by atoms with Crippen LogP contribution >= 0.6 is 15.9 Å². The number of esters is 1. The summed E-state index contributed by atoms with van der Waals surface area (Å²) in [6.07, 6.45) is 0. The number of ether oxygens (including phenoxy) is 3. The number of morpholine rings is 2. The Balaban J connectivity index is 1.69. The van der Waals surface area contributed by atoms with E-state index in [2.05, 4.69) is 15.9 Å². The van der Waals surface area contributed by atoms with E-state index in [0.717, 1.165) is 0 Å². The van der Waals surface area contributed by atoms with Gasteiger partial charge in [-0.25, -0.2) is 13.2 Å². The first-order chi connectivity index (χ1) is 13.4. The van der Waals surface area contributed by atoms with Gasteiger partial charge in [-0.2, -0.15) is 4.31 Å². The quantitative estimate of drug-likeness (QED) is 0.569. The number of carbonyl (C=O) groups is 2. The van der Waals surface area contributed by atoms with E-state index in [1.54, 1.807) is 4.90 Å². The summed E-state index contributed by atoms with van der Waals surface area (Å²) in [6, 6.07) is 4.19. The van der Waals surface area contributed by atoms with E-state index in [9.17, 15) is 18.0 Å². The smallest absolute Gasteiger partial charge is 0.338 e. The van der Waals surface area contributed by atoms with Gasteiger partial charge in [0.15, 0.2) is 6.61 Å². The number of hydrogen-bond donors (Lipinski definition) is 0. The molecule has 0 aromatic heterocycles. The van der Waals surface area contributed by atoms with Gasteiger partial charge in [-0.3, -0.25) is 4.79 Å². The summed E-state index contributed by atoms with van der Waals surface area (Å²) < 4.78 is 42.9. The maximum Gasteiger partial charge on any atom is 0.338 e. The predicted molar refractivity (Wildman–Crippen MR) is 101 cm³/mol. The molecule has 3 rings (SSSR count). The molecule has 0 unspecified atom stereocenters. The molecule has 2 heterocycles. The zero-order valence-electron chi connectivity index (χ0n) is 15.1. The number of benzene rings is 1. The lowest BCUT2D eigenvalue weighted by molar-refractivity contribution is -0.138. The molecule has 0 spiro atoms. The SMILES string of the molecule is O=C(OCC(=O)N1CCOCC1)c1ccc(Br)c(S(=O)(=O)N2CCOCC2)c1. The van der Waals surface area contributed by atoms with Crippen LogP contribution < -0.4 is 0 Å². The molecule has 0 aliphatic carbocycles. The Labute approximate surface area is 171 Å². The van der Waals surface area contributed by atoms with Crippen LogP contribution in [0.15, 0.2) is 27.6 Å². The minimum Gasteiger partial charge on any atom is -0.452 e. The van der Waals surface area contributed by atoms with Gasteiger partial charge in [0, 0.05) is 30.7 Å². The highest BCUT2D eigenvalue weighted by Gasteiger charge is 2.29. The molecule has 9 nitrogen and oxygen atoms in total. The number of rotatable bonds is 5. The molecule has 0 saturated carbocycles. The minimum absolute atomic E-state index is 0.0247. The van der Waals surface area contributed by atoms with Gasteiger partial charge in [0.05, 0.1) is 36.9 Å². The summed E-state index contributed by atoms with van der Waals surface area (Å²) in [4.78, 5) is 26.0. The Hall–Kier alpha value is -1.53. The van der Waals surface area contributed by atoms with Crippen molar-refractivity contribution in [3.8, 4) is 0 Å². The molecule has 0 bridgehead atoms. The second-order valence-electron chi connectivity index (χ2n) is 6.23. The summed E-state index contributed by atoms with van der Waals surface area (Å²) in [5, 5.41) is 0. The maximum absolute atomic E-state index is 12.9. The summed E-state index contributed by atoms with van der Waals surface area (Å²) in [5.41, 5.74) is 0.0600. The molecule has 2 aliphatic heterocycles. The van der Waals surface area contributed by atoms with Crippen LogP contribution in [0.3, 0.4) is 0 Å². The molecule has 2 saturated heterocycles. The molecule has 1 aromatic rings. The molecule has 0 radical (unpaired) electrons. The molecular formula is C17H21BrN2O7S. The monoisotopic (exact) mass is 476 g/mol. The minimum atomic E-state index is -3.79. The van der Waals surface area contributed by atoms with Crippen LogP contribution in [0.4, 0.5) is 0 Å². The maximum atomic E-state index is 12.9. The number of carbonyl (C=O) groups excluding carboxylic acids is 2. The van der Waals surface area contributed by atoms with Crippen molar-refractivity contribution in [2.24, 2.45) is 0 Å². The molecule has 2 aliphatic rings. The van der Waals surface area contributed by atoms with E-state index in [1.165, 1.54) is 22.5 Å². The lowest BCUT2D eigenvalue weighted by Gasteiger charge is -2.27. The summed E-state index contributed by atoms with van der Waals surface area (Å²) in [6.45, 7) is 2.55. The van der Waals surface area contributed by atoms with E-state index < -0.39 is 22.6 Å². The largest absolute Gasteiger partial charge is 0.452 e. The zero-order valence-corrected chi connectivity index (χ0v) is 17.5. The molecule has 1 aromatic carbocycles. The first-order valence-electron chi connectivity index (χ1n) is 8.79. The van der Waals surface area contributed by atoms with E-state index in [0.29, 0.717) is 44.0 Å². The van der Waals surface area contributed by atoms with E-state index in [1.807, 2.05) is 0 Å². The zero-order chi connectivity index (χ0) is 20.1. The predicted octanol–water partition coefficient (Wildman–Crippen LogP) is 0.486. The van der Waals surface area contributed by atoms with Gasteiger partial charge in [-0.05, 0) is 34.1 Å². The fourth-order valence-electron chi connectivity index (χ4n) is 2.87. The second kappa shape index (κ2) is 9.31. The van der Waals surface area contributed by atoms with Crippen molar-refractivity contribution < 1.29 is 32.2 Å². The number of nitrogens with zero attached hydrogens (tertiary/aromatic N) is 2. The van der Waals surface area contributed by atoms with Crippen molar-refractivity contribution in [1.29, 1.82) is 0 Å². The van der Waals surface area contributed by atoms with Gasteiger partial charge in [-0.1, -0.05) is 0 Å². The third kappa shape index (κ3) is 4.90. The van der Waals surface area contributed by atoms with Crippen molar-refractivity contribution in [1.82, 2.24) is 9.21 Å². The Morgan fingerprint density at radius 1 is 1.04 bits per heavy atom. The van der Waals surface area contributed by atoms with Gasteiger partial charge >= 0.3 is 5.97 Å². The van der Waals surface area contributed by atoms with Crippen LogP contribution in [-0.4, -0.2) is 88.7 Å². The summed E-state index contributed by atoms with van der Waals surface area (Å²) in [7, 11) is -3.79. The van der Waals surface area contributed by atoms with Crippen LogP contribution in [0.2, 0.25) is 0 Å². The third-order valence-electron chi connectivity index (χ3n) is 4.45. The molecular weight excluding hydrogens is 456 g/mol. The van der Waals surface area contributed by atoms with E-state index in [-0.39, 0.29) is 29.5 Å². The van der Waals surface area contributed by atoms with Crippen molar-refractivity contribution in [2.45, 2.75) is 4.90 Å². The topological polar surface area (TPSA) is 102 Å². The molecule has 11 heteroatoms. The molecule has 2 fully saturated rings. The summed E-state index contributed by atoms with van der Waals surface area (Å²) >= 11 is 3.23. The molecule has 1 amide bonds. The van der Waals surface area contributed by atoms with E-state index in [4.69, 9.17) is 14.2 Å². The van der Waals surface area contributed by atoms with Gasteiger partial charge < -0.3 is 19.1 Å². The Kier molecular flexibility index (Phi) is 7.05. The van der Waals surface area contributed by atoms with Gasteiger partial charge in [0.25, 0.3) is 5.91 Å². The highest BCUT2D eigenvalue weighted by atomic mass is 79.9. The van der Waals surface area contributed by atoms with Crippen molar-refractivity contribution in [2.75, 3.05) is 59.2 Å². The molecule has 0 atom stereocenters. The van der Waals surface area contributed by atoms with Crippen LogP contribution in [0, 0.1) is 0 Å². The average molecular weight is 477 g/mol. The van der Waals surface area contributed by atoms with Crippen LogP contribution in [-0.2, 0) is 29.0 Å². The lowest BCUT2D eigenvalue weighted by atomic mass is 10.2. The number of sulfonamides is 1. The molecule has 28 heavy (non-hydrogen) atoms. The number of hydrogen-bond acceptors (Lipinski definition) is 7. The lowest BCUT2D eigenvalue weighted by Crippen LogP contribution is -2.42. The fourth-order valence-corrected chi connectivity index (χ4v) is 5.23. The van der Waals surface area contributed by atoms with Crippen molar-refractivity contribution >= 4 is 37.8 Å². The Morgan fingerprint density at radius 3 is 2.29 bits per heavy atom. The standard InChI is InChI=1S/C17H21BrN2O7S/c18-14-2-1-13(11-15(14)28(23,24)20-5-9-26-10-6-20)17(22)27-12-16(21)19-3-7-25-8-4-19/h1-2,11H,3-10,12H2. The van der Waals surface area contributed by atoms with Crippen LogP contribution in [0.5, 0.6) is 0 Å². The normalized spacial score (nSPS) is 18.7. The van der Waals surface area contributed by atoms with Gasteiger partial charge in [0.1, 0.15) is 0 Å². The van der Waals surface area contributed by atoms with Crippen LogP contribution in [0.1, 0.15) is 10.4 Å². The number of amides is 1. The first-order valence-corrected chi connectivity index (χ1v) is 11.0. The highest BCUT2D eigenvalue weighted by Crippen LogP contribution is 2.27. The molecule has 0 N–H and O–H groups in total. The number of halogens is 1. The van der Waals surface area contributed by atoms with Crippen LogP contribution in [0.25, 0.3) is 0 Å². The van der Waals surface area contributed by atoms with Gasteiger partial charge in [0.2, 0.25) is 10.0 Å². The summed E-state index contributed by atoms with van der Waals surface area (Å²) in [5.74, 6) is -1.07. The van der Waals surface area contributed by atoms with Gasteiger partial charge in [-0.15, -0.1) is 0 Å². The first kappa shape index (κ1) is 21.2. The van der Waals surface area contributed by atoms with E-state index >= 15 is 0 Å².